The summed E-state index contributed by atoms with van der Waals surface area (Å²) in [6, 6.07) is 0. The molecule has 1 aliphatic rings. The van der Waals surface area contributed by atoms with Crippen LogP contribution in [0.15, 0.2) is 15.9 Å². The Morgan fingerprint density at radius 3 is 2.95 bits per heavy atom. The second kappa shape index (κ2) is 6.46. The maximum Gasteiger partial charge on any atom is 0.307 e. The lowest BCUT2D eigenvalue weighted by Crippen LogP contribution is -2.32. The molecule has 1 N–H and O–H groups in total. The van der Waals surface area contributed by atoms with Crippen LogP contribution in [0.5, 0.6) is 0 Å². The van der Waals surface area contributed by atoms with E-state index in [0.717, 1.165) is 31.4 Å². The Morgan fingerprint density at radius 1 is 1.58 bits per heavy atom. The first-order valence-corrected chi connectivity index (χ1v) is 7.79. The van der Waals surface area contributed by atoms with Gasteiger partial charge in [-0.1, -0.05) is 31.5 Å². The van der Waals surface area contributed by atoms with Crippen LogP contribution in [-0.4, -0.2) is 21.3 Å². The molecule has 0 saturated heterocycles. The van der Waals surface area contributed by atoms with Crippen LogP contribution in [0.4, 0.5) is 0 Å². The van der Waals surface area contributed by atoms with Gasteiger partial charge in [0.25, 0.3) is 5.22 Å². The van der Waals surface area contributed by atoms with Crippen LogP contribution in [-0.2, 0) is 4.79 Å². The molecule has 1 aliphatic carbocycles. The third-order valence-corrected chi connectivity index (χ3v) is 4.98. The van der Waals surface area contributed by atoms with Gasteiger partial charge in [-0.15, -0.1) is 0 Å². The molecule has 4 nitrogen and oxygen atoms in total. The smallest absolute Gasteiger partial charge is 0.307 e. The van der Waals surface area contributed by atoms with Crippen LogP contribution in [0.1, 0.15) is 44.7 Å². The van der Waals surface area contributed by atoms with E-state index >= 15 is 0 Å². The summed E-state index contributed by atoms with van der Waals surface area (Å²) in [6.07, 6.45) is 6.73. The number of aromatic nitrogens is 1. The molecule has 2 rings (SSSR count). The molecule has 0 aliphatic heterocycles. The molecule has 0 radical (unpaired) electrons. The maximum atomic E-state index is 11.4. The molecule has 106 valence electrons. The quantitative estimate of drug-likeness (QED) is 0.891. The minimum atomic E-state index is -0.685. The lowest BCUT2D eigenvalue weighted by molar-refractivity contribution is -0.142. The van der Waals surface area contributed by atoms with E-state index < -0.39 is 5.97 Å². The SMILES string of the molecule is CCCC1CCC(C(=O)O)C(Sc2nc(C)co2)C1. The summed E-state index contributed by atoms with van der Waals surface area (Å²) in [7, 11) is 0. The van der Waals surface area contributed by atoms with Gasteiger partial charge in [-0.3, -0.25) is 4.79 Å². The molecule has 1 aromatic heterocycles. The van der Waals surface area contributed by atoms with Gasteiger partial charge in [0.15, 0.2) is 0 Å². The molecule has 1 fully saturated rings. The third kappa shape index (κ3) is 3.75. The van der Waals surface area contributed by atoms with E-state index in [1.54, 1.807) is 6.26 Å². The van der Waals surface area contributed by atoms with E-state index in [4.69, 9.17) is 4.42 Å². The van der Waals surface area contributed by atoms with Crippen molar-refractivity contribution in [3.8, 4) is 0 Å². The van der Waals surface area contributed by atoms with Gasteiger partial charge in [-0.05, 0) is 32.1 Å². The average molecular weight is 283 g/mol. The Balaban J connectivity index is 2.04. The van der Waals surface area contributed by atoms with Gasteiger partial charge in [0, 0.05) is 5.25 Å². The lowest BCUT2D eigenvalue weighted by Gasteiger charge is -2.32. The molecule has 0 amide bonds. The standard InChI is InChI=1S/C14H21NO3S/c1-3-4-10-5-6-11(13(16)17)12(7-10)19-14-15-9(2)8-18-14/h8,10-12H,3-7H2,1-2H3,(H,16,17). The van der Waals surface area contributed by atoms with Crippen LogP contribution in [0.25, 0.3) is 0 Å². The Hall–Kier alpha value is -0.970. The van der Waals surface area contributed by atoms with Crippen molar-refractivity contribution in [2.45, 2.75) is 56.4 Å². The average Bonchev–Trinajstić information content (AvgIpc) is 2.75. The van der Waals surface area contributed by atoms with Crippen LogP contribution < -0.4 is 0 Å². The van der Waals surface area contributed by atoms with E-state index in [1.807, 2.05) is 6.92 Å². The van der Waals surface area contributed by atoms with E-state index in [9.17, 15) is 9.90 Å². The molecule has 0 aromatic carbocycles. The number of thioether (sulfide) groups is 1. The summed E-state index contributed by atoms with van der Waals surface area (Å²) in [5.74, 6) is -0.310. The highest BCUT2D eigenvalue weighted by Gasteiger charge is 2.36. The van der Waals surface area contributed by atoms with Gasteiger partial charge in [-0.25, -0.2) is 4.98 Å². The number of nitrogens with zero attached hydrogens (tertiary/aromatic N) is 1. The van der Waals surface area contributed by atoms with Crippen molar-refractivity contribution in [1.82, 2.24) is 4.98 Å². The van der Waals surface area contributed by atoms with E-state index in [-0.39, 0.29) is 11.2 Å². The monoisotopic (exact) mass is 283 g/mol. The van der Waals surface area contributed by atoms with Crippen LogP contribution >= 0.6 is 11.8 Å². The normalized spacial score (nSPS) is 27.4. The zero-order valence-corrected chi connectivity index (χ0v) is 12.3. The van der Waals surface area contributed by atoms with Gasteiger partial charge in [0.05, 0.1) is 11.6 Å². The Bertz CT molecular complexity index is 432. The molecule has 0 bridgehead atoms. The van der Waals surface area contributed by atoms with E-state index in [2.05, 4.69) is 11.9 Å². The van der Waals surface area contributed by atoms with Crippen molar-refractivity contribution in [2.75, 3.05) is 0 Å². The van der Waals surface area contributed by atoms with E-state index in [0.29, 0.717) is 11.1 Å². The summed E-state index contributed by atoms with van der Waals surface area (Å²) in [5.41, 5.74) is 0.843. The molecular weight excluding hydrogens is 262 g/mol. The molecule has 3 atom stereocenters. The fourth-order valence-corrected chi connectivity index (χ4v) is 4.16. The highest BCUT2D eigenvalue weighted by molar-refractivity contribution is 7.99. The molecule has 3 unspecified atom stereocenters. The number of oxazole rings is 1. The summed E-state index contributed by atoms with van der Waals surface area (Å²) >= 11 is 1.49. The van der Waals surface area contributed by atoms with Crippen molar-refractivity contribution in [3.63, 3.8) is 0 Å². The Morgan fingerprint density at radius 2 is 2.37 bits per heavy atom. The van der Waals surface area contributed by atoms with Gasteiger partial charge >= 0.3 is 5.97 Å². The van der Waals surface area contributed by atoms with Crippen LogP contribution in [0.2, 0.25) is 0 Å². The minimum Gasteiger partial charge on any atom is -0.481 e. The number of hydrogen-bond acceptors (Lipinski definition) is 4. The Kier molecular flexibility index (Phi) is 4.91. The molecule has 1 heterocycles. The minimum absolute atomic E-state index is 0.0841. The first-order chi connectivity index (χ1) is 9.10. The summed E-state index contributed by atoms with van der Waals surface area (Å²) in [6.45, 7) is 4.06. The number of carboxylic acids is 1. The van der Waals surface area contributed by atoms with Crippen molar-refractivity contribution >= 4 is 17.7 Å². The van der Waals surface area contributed by atoms with Gasteiger partial charge in [0.2, 0.25) is 0 Å². The van der Waals surface area contributed by atoms with Gasteiger partial charge < -0.3 is 9.52 Å². The molecule has 5 heteroatoms. The molecule has 19 heavy (non-hydrogen) atoms. The van der Waals surface area contributed by atoms with Gasteiger partial charge in [-0.2, -0.15) is 0 Å². The molecule has 1 saturated carbocycles. The Labute approximate surface area is 118 Å². The summed E-state index contributed by atoms with van der Waals surface area (Å²) < 4.78 is 5.35. The third-order valence-electron chi connectivity index (χ3n) is 3.76. The fraction of sp³-hybridized carbons (Fsp3) is 0.714. The maximum absolute atomic E-state index is 11.4. The van der Waals surface area contributed by atoms with Crippen LogP contribution in [0, 0.1) is 18.8 Å². The molecule has 0 spiro atoms. The first-order valence-electron chi connectivity index (χ1n) is 6.91. The van der Waals surface area contributed by atoms with E-state index in [1.165, 1.54) is 18.2 Å². The largest absolute Gasteiger partial charge is 0.481 e. The zero-order chi connectivity index (χ0) is 13.8. The van der Waals surface area contributed by atoms with Crippen molar-refractivity contribution in [1.29, 1.82) is 0 Å². The number of rotatable bonds is 5. The second-order valence-corrected chi connectivity index (χ2v) is 6.51. The fourth-order valence-electron chi connectivity index (χ4n) is 2.81. The summed E-state index contributed by atoms with van der Waals surface area (Å²) in [4.78, 5) is 15.6. The van der Waals surface area contributed by atoms with Crippen molar-refractivity contribution < 1.29 is 14.3 Å². The van der Waals surface area contributed by atoms with Crippen LogP contribution in [0.3, 0.4) is 0 Å². The first kappa shape index (κ1) is 14.4. The highest BCUT2D eigenvalue weighted by atomic mass is 32.2. The van der Waals surface area contributed by atoms with Crippen molar-refractivity contribution in [3.05, 3.63) is 12.0 Å². The number of hydrogen-bond donors (Lipinski definition) is 1. The topological polar surface area (TPSA) is 63.3 Å². The molecule has 1 aromatic rings. The number of aliphatic carboxylic acids is 1. The molecular formula is C14H21NO3S. The lowest BCUT2D eigenvalue weighted by atomic mass is 9.80. The predicted molar refractivity (Wildman–Crippen MR) is 74.3 cm³/mol. The van der Waals surface area contributed by atoms with Gasteiger partial charge in [0.1, 0.15) is 6.26 Å². The second-order valence-electron chi connectivity index (χ2n) is 5.32. The number of carboxylic acid groups (broad SMARTS) is 1. The number of carbonyl (C=O) groups is 1. The highest BCUT2D eigenvalue weighted by Crippen LogP contribution is 2.41. The summed E-state index contributed by atoms with van der Waals surface area (Å²) in [5, 5.41) is 10.0. The predicted octanol–water partition coefficient (Wildman–Crippen LogP) is 3.74. The van der Waals surface area contributed by atoms with Crippen molar-refractivity contribution in [2.24, 2.45) is 11.8 Å². The number of aryl methyl sites for hydroxylation is 1. The zero-order valence-electron chi connectivity index (χ0n) is 11.5.